The van der Waals surface area contributed by atoms with Crippen LogP contribution in [-0.2, 0) is 4.79 Å². The number of amides is 1. The van der Waals surface area contributed by atoms with E-state index in [9.17, 15) is 14.7 Å². The number of rotatable bonds is 4. The SMILES string of the molecule is Cc1nc([C@@H](C)C(=O)Nc2cccc(Cl)c2C)sc1C(=O)[O-]. The van der Waals surface area contributed by atoms with Gasteiger partial charge in [0.25, 0.3) is 0 Å². The molecule has 2 aromatic rings. The molecule has 22 heavy (non-hydrogen) atoms. The van der Waals surface area contributed by atoms with Crippen molar-refractivity contribution in [2.75, 3.05) is 5.32 Å². The van der Waals surface area contributed by atoms with Crippen molar-refractivity contribution in [1.29, 1.82) is 0 Å². The van der Waals surface area contributed by atoms with E-state index >= 15 is 0 Å². The van der Waals surface area contributed by atoms with Gasteiger partial charge in [0.1, 0.15) is 5.01 Å². The van der Waals surface area contributed by atoms with E-state index in [1.807, 2.05) is 6.92 Å². The van der Waals surface area contributed by atoms with E-state index in [1.54, 1.807) is 32.0 Å². The number of aromatic carboxylic acids is 1. The van der Waals surface area contributed by atoms with Crippen LogP contribution in [0.3, 0.4) is 0 Å². The van der Waals surface area contributed by atoms with Crippen molar-refractivity contribution >= 4 is 40.5 Å². The van der Waals surface area contributed by atoms with Gasteiger partial charge in [0.15, 0.2) is 0 Å². The normalized spacial score (nSPS) is 12.0. The highest BCUT2D eigenvalue weighted by atomic mass is 35.5. The lowest BCUT2D eigenvalue weighted by Crippen LogP contribution is -2.21. The van der Waals surface area contributed by atoms with Crippen LogP contribution in [-0.4, -0.2) is 16.9 Å². The van der Waals surface area contributed by atoms with E-state index in [0.29, 0.717) is 21.4 Å². The Morgan fingerprint density at radius 1 is 1.36 bits per heavy atom. The van der Waals surface area contributed by atoms with E-state index in [0.717, 1.165) is 16.9 Å². The number of halogens is 1. The van der Waals surface area contributed by atoms with Crippen LogP contribution in [0.4, 0.5) is 5.69 Å². The topological polar surface area (TPSA) is 82.1 Å². The van der Waals surface area contributed by atoms with Crippen molar-refractivity contribution in [3.05, 3.63) is 44.4 Å². The first-order valence-electron chi connectivity index (χ1n) is 6.56. The number of benzene rings is 1. The van der Waals surface area contributed by atoms with Crippen LogP contribution >= 0.6 is 22.9 Å². The van der Waals surface area contributed by atoms with Crippen LogP contribution in [0.25, 0.3) is 0 Å². The summed E-state index contributed by atoms with van der Waals surface area (Å²) in [6, 6.07) is 5.25. The van der Waals surface area contributed by atoms with Crippen LogP contribution in [0.5, 0.6) is 0 Å². The molecule has 0 saturated carbocycles. The zero-order valence-corrected chi connectivity index (χ0v) is 13.8. The first kappa shape index (κ1) is 16.5. The fourth-order valence-electron chi connectivity index (χ4n) is 1.89. The molecule has 1 amide bonds. The number of anilines is 1. The van der Waals surface area contributed by atoms with Gasteiger partial charge in [0.2, 0.25) is 5.91 Å². The molecule has 2 rings (SSSR count). The molecular weight excluding hydrogens is 324 g/mol. The second-order valence-corrected chi connectivity index (χ2v) is 6.32. The Kier molecular flexibility index (Phi) is 4.83. The van der Waals surface area contributed by atoms with E-state index in [1.165, 1.54) is 0 Å². The first-order valence-corrected chi connectivity index (χ1v) is 7.75. The lowest BCUT2D eigenvalue weighted by molar-refractivity contribution is -0.254. The van der Waals surface area contributed by atoms with Crippen molar-refractivity contribution in [2.45, 2.75) is 26.7 Å². The van der Waals surface area contributed by atoms with Gasteiger partial charge in [-0.05, 0) is 38.5 Å². The minimum Gasteiger partial charge on any atom is -0.544 e. The summed E-state index contributed by atoms with van der Waals surface area (Å²) in [5.74, 6) is -2.13. The van der Waals surface area contributed by atoms with Crippen molar-refractivity contribution in [3.8, 4) is 0 Å². The Bertz CT molecular complexity index is 742. The van der Waals surface area contributed by atoms with Crippen molar-refractivity contribution in [3.63, 3.8) is 0 Å². The molecule has 0 radical (unpaired) electrons. The number of thiazole rings is 1. The summed E-state index contributed by atoms with van der Waals surface area (Å²) < 4.78 is 0. The molecule has 1 heterocycles. The van der Waals surface area contributed by atoms with Crippen molar-refractivity contribution in [2.24, 2.45) is 0 Å². The molecule has 0 spiro atoms. The molecule has 7 heteroatoms. The highest BCUT2D eigenvalue weighted by Crippen LogP contribution is 2.27. The summed E-state index contributed by atoms with van der Waals surface area (Å²) in [6.07, 6.45) is 0. The zero-order valence-electron chi connectivity index (χ0n) is 12.3. The third-order valence-corrected chi connectivity index (χ3v) is 5.02. The van der Waals surface area contributed by atoms with Crippen LogP contribution in [0.1, 0.15) is 38.8 Å². The highest BCUT2D eigenvalue weighted by molar-refractivity contribution is 7.13. The molecule has 116 valence electrons. The molecule has 0 aliphatic carbocycles. The van der Waals surface area contributed by atoms with Crippen LogP contribution in [0.2, 0.25) is 5.02 Å². The van der Waals surface area contributed by atoms with E-state index in [4.69, 9.17) is 11.6 Å². The number of carbonyl (C=O) groups excluding carboxylic acids is 2. The summed E-state index contributed by atoms with van der Waals surface area (Å²) in [5, 5.41) is 14.7. The van der Waals surface area contributed by atoms with Gasteiger partial charge in [0.05, 0.1) is 22.5 Å². The van der Waals surface area contributed by atoms with Crippen LogP contribution < -0.4 is 10.4 Å². The average Bonchev–Trinajstić information content (AvgIpc) is 2.85. The monoisotopic (exact) mass is 337 g/mol. The van der Waals surface area contributed by atoms with Gasteiger partial charge < -0.3 is 15.2 Å². The quantitative estimate of drug-likeness (QED) is 0.929. The number of hydrogen-bond donors (Lipinski definition) is 1. The van der Waals surface area contributed by atoms with Gasteiger partial charge in [-0.2, -0.15) is 0 Å². The largest absolute Gasteiger partial charge is 0.544 e. The second-order valence-electron chi connectivity index (χ2n) is 4.88. The lowest BCUT2D eigenvalue weighted by atomic mass is 10.1. The molecule has 1 N–H and O–H groups in total. The second kappa shape index (κ2) is 6.46. The number of nitrogens with one attached hydrogen (secondary N) is 1. The van der Waals surface area contributed by atoms with Gasteiger partial charge in [-0.1, -0.05) is 17.7 Å². The minimum absolute atomic E-state index is 0.0496. The molecular formula is C15H14ClN2O3S-. The smallest absolute Gasteiger partial charge is 0.234 e. The summed E-state index contributed by atoms with van der Waals surface area (Å²) in [6.45, 7) is 5.06. The molecule has 0 bridgehead atoms. The molecule has 0 aliphatic rings. The molecule has 0 aliphatic heterocycles. The summed E-state index contributed by atoms with van der Waals surface area (Å²) >= 11 is 6.98. The first-order chi connectivity index (χ1) is 10.3. The number of carboxylic acids is 1. The Morgan fingerprint density at radius 3 is 2.64 bits per heavy atom. The number of aryl methyl sites for hydroxylation is 1. The maximum atomic E-state index is 12.3. The van der Waals surface area contributed by atoms with Gasteiger partial charge in [-0.3, -0.25) is 4.79 Å². The number of nitrogens with zero attached hydrogens (tertiary/aromatic N) is 1. The average molecular weight is 338 g/mol. The third kappa shape index (κ3) is 3.28. The zero-order chi connectivity index (χ0) is 16.4. The van der Waals surface area contributed by atoms with E-state index in [2.05, 4.69) is 10.3 Å². The van der Waals surface area contributed by atoms with Gasteiger partial charge in [0, 0.05) is 10.7 Å². The summed E-state index contributed by atoms with van der Waals surface area (Å²) in [7, 11) is 0. The molecule has 0 fully saturated rings. The van der Waals surface area contributed by atoms with Crippen LogP contribution in [0, 0.1) is 13.8 Å². The molecule has 0 saturated heterocycles. The van der Waals surface area contributed by atoms with Crippen molar-refractivity contribution < 1.29 is 14.7 Å². The Hall–Kier alpha value is -1.92. The Morgan fingerprint density at radius 2 is 2.05 bits per heavy atom. The predicted octanol–water partition coefficient (Wildman–Crippen LogP) is 2.52. The molecule has 1 aromatic heterocycles. The van der Waals surface area contributed by atoms with Crippen molar-refractivity contribution in [1.82, 2.24) is 4.98 Å². The standard InChI is InChI=1S/C15H15ClN2O3S/c1-7-10(16)5-4-6-11(7)18-13(19)8(2)14-17-9(3)12(22-14)15(20)21/h4-6,8H,1-3H3,(H,18,19)(H,20,21)/p-1/t8-/m0/s1. The van der Waals surface area contributed by atoms with Crippen LogP contribution in [0.15, 0.2) is 18.2 Å². The molecule has 0 unspecified atom stereocenters. The lowest BCUT2D eigenvalue weighted by Gasteiger charge is -2.12. The highest BCUT2D eigenvalue weighted by Gasteiger charge is 2.21. The Balaban J connectivity index is 2.21. The third-order valence-electron chi connectivity index (χ3n) is 3.29. The fraction of sp³-hybridized carbons (Fsp3) is 0.267. The number of hydrogen-bond acceptors (Lipinski definition) is 5. The molecule has 1 atom stereocenters. The maximum absolute atomic E-state index is 12.3. The fourth-order valence-corrected chi connectivity index (χ4v) is 3.01. The Labute approximate surface area is 137 Å². The van der Waals surface area contributed by atoms with Gasteiger partial charge >= 0.3 is 0 Å². The number of carboxylic acid groups (broad SMARTS) is 1. The number of aromatic nitrogens is 1. The summed E-state index contributed by atoms with van der Waals surface area (Å²) in [5.41, 5.74) is 1.76. The van der Waals surface area contributed by atoms with E-state index < -0.39 is 11.9 Å². The van der Waals surface area contributed by atoms with Gasteiger partial charge in [-0.25, -0.2) is 4.98 Å². The predicted molar refractivity (Wildman–Crippen MR) is 84.4 cm³/mol. The van der Waals surface area contributed by atoms with Gasteiger partial charge in [-0.15, -0.1) is 11.3 Å². The minimum atomic E-state index is -1.28. The van der Waals surface area contributed by atoms with E-state index in [-0.39, 0.29) is 10.8 Å². The molecule has 1 aromatic carbocycles. The summed E-state index contributed by atoms with van der Waals surface area (Å²) in [4.78, 5) is 27.5. The maximum Gasteiger partial charge on any atom is 0.234 e. The molecule has 5 nitrogen and oxygen atoms in total. The number of carbonyl (C=O) groups is 2.